The number of hydrogen-bond acceptors (Lipinski definition) is 2. The van der Waals surface area contributed by atoms with E-state index in [0.29, 0.717) is 0 Å². The molecule has 0 saturated carbocycles. The molecule has 0 unspecified atom stereocenters. The van der Waals surface area contributed by atoms with E-state index in [4.69, 9.17) is 5.53 Å². The van der Waals surface area contributed by atoms with E-state index in [9.17, 15) is 0 Å². The molecule has 0 fully saturated rings. The molecule has 0 aromatic carbocycles. The van der Waals surface area contributed by atoms with E-state index < -0.39 is 0 Å². The maximum atomic E-state index is 7.72. The van der Waals surface area contributed by atoms with Gasteiger partial charge in [-0.2, -0.15) is 0 Å². The van der Waals surface area contributed by atoms with Crippen molar-refractivity contribution < 1.29 is 0 Å². The molecule has 0 saturated heterocycles. The minimum absolute atomic E-state index is 1.61. The van der Waals surface area contributed by atoms with E-state index in [0.717, 1.165) is 0 Å². The van der Waals surface area contributed by atoms with E-state index >= 15 is 0 Å². The first-order valence-corrected chi connectivity index (χ1v) is 1.99. The Morgan fingerprint density at radius 3 is 2.62 bits per heavy atom. The maximum Gasteiger partial charge on any atom is 0.0174 e. The zero-order valence-corrected chi connectivity index (χ0v) is 4.79. The summed E-state index contributed by atoms with van der Waals surface area (Å²) in [6.07, 6.45) is 0. The second-order valence-electron chi connectivity index (χ2n) is 1.31. The Labute approximate surface area is 47.7 Å². The van der Waals surface area contributed by atoms with Gasteiger partial charge in [0.1, 0.15) is 0 Å². The monoisotopic (exact) mass is 110 g/mol. The van der Waals surface area contributed by atoms with Crippen LogP contribution in [0.3, 0.4) is 0 Å². The first kappa shape index (κ1) is 6.67. The van der Waals surface area contributed by atoms with Crippen molar-refractivity contribution in [3.05, 3.63) is 10.4 Å². The minimum Gasteiger partial charge on any atom is -0.339 e. The van der Waals surface area contributed by atoms with Crippen LogP contribution in [0.4, 0.5) is 0 Å². The third kappa shape index (κ3) is 4.67. The smallest absolute Gasteiger partial charge is 0.0174 e. The molecule has 0 aromatic rings. The molecular formula is C4H6N4. The second kappa shape index (κ2) is 3.85. The van der Waals surface area contributed by atoms with E-state index in [1.807, 2.05) is 0 Å². The molecule has 0 aliphatic rings. The molecule has 0 radical (unpaired) electrons. The van der Waals surface area contributed by atoms with Crippen LogP contribution in [0, 0.1) is 12.1 Å². The van der Waals surface area contributed by atoms with Gasteiger partial charge in [-0.15, -0.1) is 0 Å². The molecule has 4 nitrogen and oxygen atoms in total. The molecule has 8 heavy (non-hydrogen) atoms. The van der Waals surface area contributed by atoms with Gasteiger partial charge in [-0.1, -0.05) is 0 Å². The first-order valence-electron chi connectivity index (χ1n) is 1.99. The van der Waals surface area contributed by atoms with Gasteiger partial charge in [-0.25, -0.2) is 0 Å². The lowest BCUT2D eigenvalue weighted by Crippen LogP contribution is -2.00. The summed E-state index contributed by atoms with van der Waals surface area (Å²) in [6.45, 7) is 0. The van der Waals surface area contributed by atoms with Crippen molar-refractivity contribution in [1.82, 2.24) is 4.90 Å². The van der Waals surface area contributed by atoms with E-state index in [1.165, 1.54) is 0 Å². The third-order valence-electron chi connectivity index (χ3n) is 0.368. The molecular weight excluding hydrogens is 104 g/mol. The second-order valence-corrected chi connectivity index (χ2v) is 1.31. The molecule has 0 rings (SSSR count). The van der Waals surface area contributed by atoms with Crippen LogP contribution >= 0.6 is 0 Å². The highest BCUT2D eigenvalue weighted by Crippen LogP contribution is 1.66. The quantitative estimate of drug-likeness (QED) is 0.149. The summed E-state index contributed by atoms with van der Waals surface area (Å²) >= 11 is 0. The molecule has 0 atom stereocenters. The van der Waals surface area contributed by atoms with Crippen LogP contribution in [-0.4, -0.2) is 19.0 Å². The lowest BCUT2D eigenvalue weighted by molar-refractivity contribution is 0.597. The average molecular weight is 110 g/mol. The predicted molar refractivity (Wildman–Crippen MR) is 30.6 cm³/mol. The van der Waals surface area contributed by atoms with Gasteiger partial charge >= 0.3 is 0 Å². The van der Waals surface area contributed by atoms with Crippen LogP contribution in [0.15, 0.2) is 5.11 Å². The van der Waals surface area contributed by atoms with Crippen LogP contribution < -0.4 is 0 Å². The van der Waals surface area contributed by atoms with E-state index in [2.05, 4.69) is 22.1 Å². The molecule has 0 N–H and O–H groups in total. The van der Waals surface area contributed by atoms with Crippen molar-refractivity contribution in [2.75, 3.05) is 14.1 Å². The Morgan fingerprint density at radius 1 is 1.62 bits per heavy atom. The summed E-state index contributed by atoms with van der Waals surface area (Å²) in [6, 6.07) is 4.73. The highest BCUT2D eigenvalue weighted by atomic mass is 15.1. The Kier molecular flexibility index (Phi) is 3.21. The molecule has 0 spiro atoms. The number of rotatable bonds is 0. The van der Waals surface area contributed by atoms with Gasteiger partial charge in [0, 0.05) is 31.1 Å². The average Bonchev–Trinajstić information content (AvgIpc) is 1.66. The molecule has 0 heterocycles. The lowest BCUT2D eigenvalue weighted by Gasteiger charge is -1.94. The van der Waals surface area contributed by atoms with Crippen LogP contribution in [0.1, 0.15) is 0 Å². The molecule has 0 amide bonds. The highest BCUT2D eigenvalue weighted by Gasteiger charge is 1.67. The van der Waals surface area contributed by atoms with Crippen molar-refractivity contribution in [3.8, 4) is 12.1 Å². The van der Waals surface area contributed by atoms with Gasteiger partial charge in [-0.3, -0.25) is 0 Å². The largest absolute Gasteiger partial charge is 0.339 e. The lowest BCUT2D eigenvalue weighted by atomic mass is 10.9. The normalized spacial score (nSPS) is 5.75. The summed E-state index contributed by atoms with van der Waals surface area (Å²) in [4.78, 5) is 4.04. The van der Waals surface area contributed by atoms with Crippen molar-refractivity contribution in [2.24, 2.45) is 5.11 Å². The third-order valence-corrected chi connectivity index (χ3v) is 0.368. The number of hydrogen-bond donors (Lipinski definition) is 0. The van der Waals surface area contributed by atoms with Gasteiger partial charge in [0.15, 0.2) is 0 Å². The fourth-order valence-corrected chi connectivity index (χ4v) is 0.145. The van der Waals surface area contributed by atoms with Crippen molar-refractivity contribution in [2.45, 2.75) is 0 Å². The Morgan fingerprint density at radius 2 is 2.25 bits per heavy atom. The zero-order chi connectivity index (χ0) is 6.41. The summed E-state index contributed by atoms with van der Waals surface area (Å²) in [5.41, 5.74) is 7.72. The molecule has 42 valence electrons. The van der Waals surface area contributed by atoms with Crippen LogP contribution in [0.25, 0.3) is 10.4 Å². The van der Waals surface area contributed by atoms with Crippen LogP contribution in [0.2, 0.25) is 0 Å². The summed E-state index contributed by atoms with van der Waals surface area (Å²) < 4.78 is 0. The highest BCUT2D eigenvalue weighted by molar-refractivity contribution is 4.94. The number of nitrogens with zero attached hydrogens (tertiary/aromatic N) is 4. The van der Waals surface area contributed by atoms with Crippen LogP contribution in [0.5, 0.6) is 0 Å². The number of azide groups is 1. The summed E-state index contributed by atoms with van der Waals surface area (Å²) in [5, 5.41) is 2.99. The molecule has 4 heteroatoms. The fourth-order valence-electron chi connectivity index (χ4n) is 0.145. The van der Waals surface area contributed by atoms with Crippen molar-refractivity contribution in [3.63, 3.8) is 0 Å². The topological polar surface area (TPSA) is 52.0 Å². The summed E-state index contributed by atoms with van der Waals surface area (Å²) in [5.74, 6) is 0. The SMILES string of the molecule is CN(C)C#CN=[N+]=[N-]. The Balaban J connectivity index is 3.67. The van der Waals surface area contributed by atoms with Crippen LogP contribution in [-0.2, 0) is 0 Å². The Bertz CT molecular complexity index is 155. The van der Waals surface area contributed by atoms with Gasteiger partial charge in [0.05, 0.1) is 0 Å². The fraction of sp³-hybridized carbons (Fsp3) is 0.500. The van der Waals surface area contributed by atoms with E-state index in [-0.39, 0.29) is 0 Å². The molecule has 0 aromatic heterocycles. The minimum atomic E-state index is 1.61. The first-order chi connectivity index (χ1) is 3.77. The Hall–Kier alpha value is -1.33. The molecule has 0 aliphatic carbocycles. The maximum absolute atomic E-state index is 7.72. The van der Waals surface area contributed by atoms with Gasteiger partial charge in [0.2, 0.25) is 0 Å². The molecule has 0 aliphatic heterocycles. The van der Waals surface area contributed by atoms with Crippen molar-refractivity contribution in [1.29, 1.82) is 0 Å². The zero-order valence-electron chi connectivity index (χ0n) is 4.79. The summed E-state index contributed by atoms with van der Waals surface area (Å²) in [7, 11) is 3.53. The van der Waals surface area contributed by atoms with Gasteiger partial charge in [-0.05, 0) is 10.6 Å². The standard InChI is InChI=1S/C4H6N4/c1-8(2)4-3-6-7-5/h1-2H3. The van der Waals surface area contributed by atoms with Crippen molar-refractivity contribution >= 4 is 0 Å². The van der Waals surface area contributed by atoms with Gasteiger partial charge < -0.3 is 4.90 Å². The van der Waals surface area contributed by atoms with E-state index in [1.54, 1.807) is 19.0 Å². The molecule has 0 bridgehead atoms. The van der Waals surface area contributed by atoms with Gasteiger partial charge in [0.25, 0.3) is 0 Å². The predicted octanol–water partition coefficient (Wildman–Crippen LogP) is 0.777.